The highest BCUT2D eigenvalue weighted by Crippen LogP contribution is 2.43. The Morgan fingerprint density at radius 1 is 0.425 bits per heavy atom. The summed E-state index contributed by atoms with van der Waals surface area (Å²) in [4.78, 5) is 35.2. The molecule has 0 fully saturated rings. The Kier molecular flexibility index (Phi) is 56.2. The molecule has 10 heteroatoms. The number of carbonyl (C=O) groups is 2. The number of unbranched alkanes of at least 4 members (excludes halogenated alkanes) is 29. The Hall–Kier alpha value is -2.81. The van der Waals surface area contributed by atoms with E-state index in [0.29, 0.717) is 6.42 Å². The zero-order valence-electron chi connectivity index (χ0n) is 47.1. The lowest BCUT2D eigenvalue weighted by atomic mass is 10.0. The molecule has 0 rings (SSSR count). The number of esters is 2. The van der Waals surface area contributed by atoms with Gasteiger partial charge in [-0.25, -0.2) is 4.57 Å². The van der Waals surface area contributed by atoms with E-state index >= 15 is 0 Å². The molecule has 0 spiro atoms. The molecule has 0 aromatic rings. The molecule has 0 saturated carbocycles. The third-order valence-corrected chi connectivity index (χ3v) is 13.7. The van der Waals surface area contributed by atoms with Crippen LogP contribution in [0, 0.1) is 0 Å². The lowest BCUT2D eigenvalue weighted by Gasteiger charge is -2.19. The van der Waals surface area contributed by atoms with Crippen molar-refractivity contribution in [2.24, 2.45) is 5.73 Å². The van der Waals surface area contributed by atoms with Gasteiger partial charge in [0.25, 0.3) is 0 Å². The summed E-state index contributed by atoms with van der Waals surface area (Å²) < 4.78 is 33.1. The van der Waals surface area contributed by atoms with Gasteiger partial charge in [-0.1, -0.05) is 253 Å². The van der Waals surface area contributed by atoms with Crippen LogP contribution in [-0.2, 0) is 32.7 Å². The Morgan fingerprint density at radius 3 is 1.14 bits per heavy atom. The summed E-state index contributed by atoms with van der Waals surface area (Å²) in [5, 5.41) is 0. The van der Waals surface area contributed by atoms with Gasteiger partial charge in [0.15, 0.2) is 6.10 Å². The van der Waals surface area contributed by atoms with Crippen LogP contribution < -0.4 is 5.73 Å². The quantitative estimate of drug-likeness (QED) is 0.0264. The number of hydrogen-bond donors (Lipinski definition) is 2. The molecule has 0 bridgehead atoms. The second-order valence-electron chi connectivity index (χ2n) is 19.8. The summed E-state index contributed by atoms with van der Waals surface area (Å²) in [5.41, 5.74) is 5.39. The smallest absolute Gasteiger partial charge is 0.462 e. The third-order valence-electron chi connectivity index (χ3n) is 12.8. The molecule has 0 aromatic heterocycles. The maximum atomic E-state index is 12.7. The molecule has 9 nitrogen and oxygen atoms in total. The molecule has 422 valence electrons. The summed E-state index contributed by atoms with van der Waals surface area (Å²) in [6.07, 6.45) is 76.4. The van der Waals surface area contributed by atoms with Crippen molar-refractivity contribution in [3.05, 3.63) is 85.1 Å². The fraction of sp³-hybridized carbons (Fsp3) is 0.746. The first-order valence-electron chi connectivity index (χ1n) is 30.1. The number of phosphoric acid groups is 1. The molecule has 0 heterocycles. The maximum Gasteiger partial charge on any atom is 0.472 e. The van der Waals surface area contributed by atoms with Crippen molar-refractivity contribution in [2.45, 2.75) is 277 Å². The largest absolute Gasteiger partial charge is 0.472 e. The first-order chi connectivity index (χ1) is 35.8. The van der Waals surface area contributed by atoms with Crippen molar-refractivity contribution in [3.63, 3.8) is 0 Å². The normalized spacial score (nSPS) is 13.6. The van der Waals surface area contributed by atoms with Crippen LogP contribution in [0.3, 0.4) is 0 Å². The minimum absolute atomic E-state index is 0.0488. The van der Waals surface area contributed by atoms with Gasteiger partial charge in [-0.05, 0) is 89.9 Å². The van der Waals surface area contributed by atoms with E-state index < -0.39 is 26.5 Å². The van der Waals surface area contributed by atoms with E-state index in [1.165, 1.54) is 154 Å². The maximum absolute atomic E-state index is 12.7. The van der Waals surface area contributed by atoms with Gasteiger partial charge in [0, 0.05) is 19.4 Å². The number of carbonyl (C=O) groups excluding carboxylic acids is 2. The highest BCUT2D eigenvalue weighted by Gasteiger charge is 2.26. The molecule has 0 radical (unpaired) electrons. The van der Waals surface area contributed by atoms with Gasteiger partial charge in [0.2, 0.25) is 0 Å². The summed E-state index contributed by atoms with van der Waals surface area (Å²) >= 11 is 0. The van der Waals surface area contributed by atoms with Crippen molar-refractivity contribution in [2.75, 3.05) is 26.4 Å². The molecule has 0 aliphatic heterocycles. The Balaban J connectivity index is 3.99. The van der Waals surface area contributed by atoms with Gasteiger partial charge in [-0.2, -0.15) is 0 Å². The fourth-order valence-corrected chi connectivity index (χ4v) is 9.11. The van der Waals surface area contributed by atoms with E-state index in [4.69, 9.17) is 24.3 Å². The molecule has 0 aromatic carbocycles. The van der Waals surface area contributed by atoms with Gasteiger partial charge in [-0.3, -0.25) is 18.6 Å². The molecule has 0 saturated heterocycles. The first kappa shape index (κ1) is 70.2. The summed E-state index contributed by atoms with van der Waals surface area (Å²) in [6.45, 7) is 3.64. The first-order valence-corrected chi connectivity index (χ1v) is 31.6. The van der Waals surface area contributed by atoms with Crippen LogP contribution in [0.1, 0.15) is 271 Å². The second-order valence-corrected chi connectivity index (χ2v) is 21.3. The molecular formula is C63H112NO8P. The van der Waals surface area contributed by atoms with Crippen LogP contribution in [0.2, 0.25) is 0 Å². The second kappa shape index (κ2) is 58.5. The highest BCUT2D eigenvalue weighted by molar-refractivity contribution is 7.47. The monoisotopic (exact) mass is 1040 g/mol. The van der Waals surface area contributed by atoms with Crippen molar-refractivity contribution >= 4 is 19.8 Å². The van der Waals surface area contributed by atoms with Crippen molar-refractivity contribution in [3.8, 4) is 0 Å². The fourth-order valence-electron chi connectivity index (χ4n) is 8.34. The molecule has 2 atom stereocenters. The zero-order chi connectivity index (χ0) is 53.1. The van der Waals surface area contributed by atoms with E-state index in [1.807, 2.05) is 0 Å². The Morgan fingerprint density at radius 2 is 0.753 bits per heavy atom. The SMILES string of the molecule is CC/C=C\C/C=C\C/C=C\C/C=C\C/C=C\C/C=C\CCCCCCCCCCC(=O)OC(COC(=O)CCCCCCCCCCCCCCC/C=C\CCCCCCCCCC)COP(=O)(O)OCCN. The van der Waals surface area contributed by atoms with Crippen LogP contribution >= 0.6 is 7.82 Å². The number of nitrogens with two attached hydrogens (primary N) is 1. The lowest BCUT2D eigenvalue weighted by Crippen LogP contribution is -2.29. The highest BCUT2D eigenvalue weighted by atomic mass is 31.2. The number of rotatable bonds is 56. The van der Waals surface area contributed by atoms with Crippen LogP contribution in [0.15, 0.2) is 85.1 Å². The minimum Gasteiger partial charge on any atom is -0.462 e. The standard InChI is InChI=1S/C63H112NO8P/c1-3-5-7-9-11-13-15-17-19-21-23-25-27-29-30-32-34-36-38-40-42-44-46-48-50-52-54-56-63(66)72-61(60-71-73(67,68)70-58-57-64)59-69-62(65)55-53-51-49-47-45-43-41-39-37-35-33-31-28-26-24-22-20-18-16-14-12-10-8-6-4-2/h5,7,11,13,17,19,22-25,29-30,34,36,61H,3-4,6,8-10,12,14-16,18,20-21,26-28,31-33,35,37-60,64H2,1-2H3,(H,67,68)/b7-5-,13-11-,19-17-,24-22-,25-23-,30-29-,36-34-. The molecule has 3 N–H and O–H groups in total. The molecule has 2 unspecified atom stereocenters. The van der Waals surface area contributed by atoms with Crippen LogP contribution in [0.4, 0.5) is 0 Å². The van der Waals surface area contributed by atoms with Gasteiger partial charge < -0.3 is 20.1 Å². The van der Waals surface area contributed by atoms with Crippen LogP contribution in [0.5, 0.6) is 0 Å². The minimum atomic E-state index is -4.40. The summed E-state index contributed by atoms with van der Waals surface area (Å²) in [6, 6.07) is 0. The molecule has 0 aliphatic rings. The molecule has 73 heavy (non-hydrogen) atoms. The van der Waals surface area contributed by atoms with Crippen LogP contribution in [0.25, 0.3) is 0 Å². The summed E-state index contributed by atoms with van der Waals surface area (Å²) in [5.74, 6) is -0.834. The van der Waals surface area contributed by atoms with Gasteiger partial charge in [-0.15, -0.1) is 0 Å². The predicted molar refractivity (Wildman–Crippen MR) is 312 cm³/mol. The van der Waals surface area contributed by atoms with Crippen molar-refractivity contribution < 1.29 is 37.6 Å². The molecule has 0 amide bonds. The third kappa shape index (κ3) is 58.3. The van der Waals surface area contributed by atoms with Crippen LogP contribution in [-0.4, -0.2) is 49.3 Å². The number of ether oxygens (including phenoxy) is 2. The Labute approximate surface area is 449 Å². The lowest BCUT2D eigenvalue weighted by molar-refractivity contribution is -0.161. The average molecular weight is 1040 g/mol. The zero-order valence-corrected chi connectivity index (χ0v) is 48.0. The number of hydrogen-bond acceptors (Lipinski definition) is 8. The van der Waals surface area contributed by atoms with Gasteiger partial charge in [0.1, 0.15) is 6.61 Å². The van der Waals surface area contributed by atoms with E-state index in [9.17, 15) is 19.0 Å². The summed E-state index contributed by atoms with van der Waals surface area (Å²) in [7, 11) is -4.40. The van der Waals surface area contributed by atoms with Gasteiger partial charge >= 0.3 is 19.8 Å². The van der Waals surface area contributed by atoms with Gasteiger partial charge in [0.05, 0.1) is 13.2 Å². The topological polar surface area (TPSA) is 134 Å². The molecule has 0 aliphatic carbocycles. The van der Waals surface area contributed by atoms with E-state index in [-0.39, 0.29) is 38.6 Å². The van der Waals surface area contributed by atoms with Crippen molar-refractivity contribution in [1.29, 1.82) is 0 Å². The average Bonchev–Trinajstić information content (AvgIpc) is 3.38. The molecular weight excluding hydrogens is 930 g/mol. The number of phosphoric ester groups is 1. The van der Waals surface area contributed by atoms with E-state index in [0.717, 1.165) is 83.5 Å². The Bertz CT molecular complexity index is 1470. The van der Waals surface area contributed by atoms with Crippen molar-refractivity contribution in [1.82, 2.24) is 0 Å². The predicted octanol–water partition coefficient (Wildman–Crippen LogP) is 19.1. The number of allylic oxidation sites excluding steroid dienone is 14. The van der Waals surface area contributed by atoms with E-state index in [2.05, 4.69) is 98.9 Å². The van der Waals surface area contributed by atoms with E-state index in [1.54, 1.807) is 0 Å².